The molecule has 0 aromatic carbocycles. The molecule has 5 nitrogen and oxygen atoms in total. The van der Waals surface area contributed by atoms with Crippen molar-refractivity contribution in [1.29, 1.82) is 0 Å². The van der Waals surface area contributed by atoms with Gasteiger partial charge in [-0.2, -0.15) is 0 Å². The molecule has 2 amide bonds. The molecule has 21 heavy (non-hydrogen) atoms. The number of hydrogen-bond acceptors (Lipinski definition) is 3. The standard InChI is InChI=1S/C16H26N2O3/c1-21-15(20)18-10-5-2-6-13(18)14(19)17-11-9-16(12-17)7-3-4-8-16/h13H,2-12H2,1H3/t13-/m1/s1. The molecule has 3 fully saturated rings. The van der Waals surface area contributed by atoms with Crippen LogP contribution in [0.4, 0.5) is 4.79 Å². The van der Waals surface area contributed by atoms with Crippen LogP contribution in [-0.4, -0.2) is 54.6 Å². The summed E-state index contributed by atoms with van der Waals surface area (Å²) < 4.78 is 4.84. The van der Waals surface area contributed by atoms with E-state index in [0.29, 0.717) is 12.0 Å². The van der Waals surface area contributed by atoms with Crippen LogP contribution in [0.2, 0.25) is 0 Å². The molecule has 3 aliphatic rings. The maximum atomic E-state index is 12.8. The second-order valence-corrected chi connectivity index (χ2v) is 6.89. The van der Waals surface area contributed by atoms with E-state index in [0.717, 1.165) is 38.8 Å². The second kappa shape index (κ2) is 5.85. The maximum absolute atomic E-state index is 12.8. The number of likely N-dealkylation sites (tertiary alicyclic amines) is 2. The van der Waals surface area contributed by atoms with Crippen LogP contribution in [-0.2, 0) is 9.53 Å². The van der Waals surface area contributed by atoms with Crippen LogP contribution in [0, 0.1) is 5.41 Å². The van der Waals surface area contributed by atoms with Crippen molar-refractivity contribution in [1.82, 2.24) is 9.80 Å². The Labute approximate surface area is 126 Å². The summed E-state index contributed by atoms with van der Waals surface area (Å²) in [7, 11) is 1.39. The van der Waals surface area contributed by atoms with Crippen molar-refractivity contribution in [2.24, 2.45) is 5.41 Å². The third kappa shape index (κ3) is 2.74. The Morgan fingerprint density at radius 3 is 2.52 bits per heavy atom. The molecule has 1 saturated carbocycles. The van der Waals surface area contributed by atoms with Gasteiger partial charge >= 0.3 is 6.09 Å². The Hall–Kier alpha value is -1.26. The minimum Gasteiger partial charge on any atom is -0.453 e. The Morgan fingerprint density at radius 1 is 1.05 bits per heavy atom. The van der Waals surface area contributed by atoms with Crippen LogP contribution < -0.4 is 0 Å². The summed E-state index contributed by atoms with van der Waals surface area (Å²) in [6.07, 6.45) is 8.68. The van der Waals surface area contributed by atoms with Crippen molar-refractivity contribution in [2.75, 3.05) is 26.7 Å². The molecule has 3 rings (SSSR count). The number of piperidine rings is 1. The molecule has 1 atom stereocenters. The molecule has 0 bridgehead atoms. The molecule has 5 heteroatoms. The summed E-state index contributed by atoms with van der Waals surface area (Å²) >= 11 is 0. The van der Waals surface area contributed by atoms with Crippen molar-refractivity contribution in [2.45, 2.75) is 57.4 Å². The monoisotopic (exact) mass is 294 g/mol. The van der Waals surface area contributed by atoms with Gasteiger partial charge in [0.1, 0.15) is 6.04 Å². The van der Waals surface area contributed by atoms with E-state index < -0.39 is 0 Å². The normalized spacial score (nSPS) is 28.1. The predicted molar refractivity (Wildman–Crippen MR) is 78.8 cm³/mol. The first-order valence-corrected chi connectivity index (χ1v) is 8.29. The van der Waals surface area contributed by atoms with Gasteiger partial charge in [0.2, 0.25) is 5.91 Å². The van der Waals surface area contributed by atoms with Gasteiger partial charge in [-0.05, 0) is 43.9 Å². The Bertz CT molecular complexity index is 418. The number of methoxy groups -OCH3 is 1. The third-order valence-electron chi connectivity index (χ3n) is 5.61. The minimum absolute atomic E-state index is 0.142. The summed E-state index contributed by atoms with van der Waals surface area (Å²) in [6, 6.07) is -0.303. The highest BCUT2D eigenvalue weighted by atomic mass is 16.5. The predicted octanol–water partition coefficient (Wildman–Crippen LogP) is 2.40. The highest BCUT2D eigenvalue weighted by molar-refractivity contribution is 5.86. The van der Waals surface area contributed by atoms with Crippen molar-refractivity contribution in [3.8, 4) is 0 Å². The molecule has 0 unspecified atom stereocenters. The molecule has 1 spiro atoms. The van der Waals surface area contributed by atoms with Crippen LogP contribution in [0.1, 0.15) is 51.4 Å². The van der Waals surface area contributed by atoms with Gasteiger partial charge in [0, 0.05) is 19.6 Å². The maximum Gasteiger partial charge on any atom is 0.410 e. The van der Waals surface area contributed by atoms with Crippen LogP contribution in [0.15, 0.2) is 0 Å². The summed E-state index contributed by atoms with van der Waals surface area (Å²) in [5, 5.41) is 0. The quantitative estimate of drug-likeness (QED) is 0.746. The van der Waals surface area contributed by atoms with E-state index in [2.05, 4.69) is 0 Å². The molecular formula is C16H26N2O3. The minimum atomic E-state index is -0.358. The number of nitrogens with zero attached hydrogens (tertiary/aromatic N) is 2. The number of amides is 2. The van der Waals surface area contributed by atoms with E-state index in [4.69, 9.17) is 4.74 Å². The lowest BCUT2D eigenvalue weighted by Crippen LogP contribution is -2.52. The van der Waals surface area contributed by atoms with E-state index in [1.165, 1.54) is 32.8 Å². The average molecular weight is 294 g/mol. The Balaban J connectivity index is 1.67. The number of carbonyl (C=O) groups is 2. The van der Waals surface area contributed by atoms with Gasteiger partial charge in [-0.25, -0.2) is 4.79 Å². The first-order chi connectivity index (χ1) is 10.2. The lowest BCUT2D eigenvalue weighted by molar-refractivity contribution is -0.136. The fourth-order valence-electron chi connectivity index (χ4n) is 4.39. The zero-order chi connectivity index (χ0) is 14.9. The van der Waals surface area contributed by atoms with Crippen LogP contribution in [0.5, 0.6) is 0 Å². The van der Waals surface area contributed by atoms with E-state index in [1.54, 1.807) is 4.90 Å². The highest BCUT2D eigenvalue weighted by Gasteiger charge is 2.44. The molecule has 2 heterocycles. The van der Waals surface area contributed by atoms with Gasteiger partial charge in [0.15, 0.2) is 0 Å². The van der Waals surface area contributed by atoms with Gasteiger partial charge < -0.3 is 9.64 Å². The molecule has 2 saturated heterocycles. The van der Waals surface area contributed by atoms with Gasteiger partial charge in [-0.15, -0.1) is 0 Å². The van der Waals surface area contributed by atoms with E-state index in [9.17, 15) is 9.59 Å². The molecule has 0 radical (unpaired) electrons. The van der Waals surface area contributed by atoms with Crippen molar-refractivity contribution in [3.63, 3.8) is 0 Å². The summed E-state index contributed by atoms with van der Waals surface area (Å²) in [5.74, 6) is 0.142. The van der Waals surface area contributed by atoms with E-state index in [-0.39, 0.29) is 18.0 Å². The molecular weight excluding hydrogens is 268 g/mol. The lowest BCUT2D eigenvalue weighted by Gasteiger charge is -2.36. The first kappa shape index (κ1) is 14.7. The fourth-order valence-corrected chi connectivity index (χ4v) is 4.39. The highest BCUT2D eigenvalue weighted by Crippen LogP contribution is 2.45. The van der Waals surface area contributed by atoms with Crippen LogP contribution in [0.3, 0.4) is 0 Å². The van der Waals surface area contributed by atoms with Crippen LogP contribution >= 0.6 is 0 Å². The largest absolute Gasteiger partial charge is 0.453 e. The van der Waals surface area contributed by atoms with Crippen molar-refractivity contribution >= 4 is 12.0 Å². The van der Waals surface area contributed by atoms with E-state index >= 15 is 0 Å². The van der Waals surface area contributed by atoms with Crippen molar-refractivity contribution < 1.29 is 14.3 Å². The van der Waals surface area contributed by atoms with Crippen LogP contribution in [0.25, 0.3) is 0 Å². The molecule has 118 valence electrons. The average Bonchev–Trinajstić information content (AvgIpc) is 3.16. The summed E-state index contributed by atoms with van der Waals surface area (Å²) in [4.78, 5) is 28.4. The van der Waals surface area contributed by atoms with E-state index in [1.807, 2.05) is 4.90 Å². The zero-order valence-corrected chi connectivity index (χ0v) is 13.0. The number of ether oxygens (including phenoxy) is 1. The Kier molecular flexibility index (Phi) is 4.09. The first-order valence-electron chi connectivity index (χ1n) is 8.29. The second-order valence-electron chi connectivity index (χ2n) is 6.89. The lowest BCUT2D eigenvalue weighted by atomic mass is 9.86. The Morgan fingerprint density at radius 2 is 1.81 bits per heavy atom. The topological polar surface area (TPSA) is 49.9 Å². The van der Waals surface area contributed by atoms with Gasteiger partial charge in [-0.1, -0.05) is 12.8 Å². The molecule has 0 aromatic heterocycles. The third-order valence-corrected chi connectivity index (χ3v) is 5.61. The molecule has 0 N–H and O–H groups in total. The fraction of sp³-hybridized carbons (Fsp3) is 0.875. The summed E-state index contributed by atoms with van der Waals surface area (Å²) in [5.41, 5.74) is 0.389. The SMILES string of the molecule is COC(=O)N1CCCC[C@@H]1C(=O)N1CCC2(CCCC2)C1. The summed E-state index contributed by atoms with van der Waals surface area (Å²) in [6.45, 7) is 2.41. The molecule has 1 aliphatic carbocycles. The number of carbonyl (C=O) groups excluding carboxylic acids is 2. The molecule has 2 aliphatic heterocycles. The van der Waals surface area contributed by atoms with Crippen molar-refractivity contribution in [3.05, 3.63) is 0 Å². The van der Waals surface area contributed by atoms with Gasteiger partial charge in [0.25, 0.3) is 0 Å². The number of hydrogen-bond donors (Lipinski definition) is 0. The van der Waals surface area contributed by atoms with Gasteiger partial charge in [0.05, 0.1) is 7.11 Å². The zero-order valence-electron chi connectivity index (χ0n) is 13.0. The molecule has 0 aromatic rings. The number of rotatable bonds is 1. The smallest absolute Gasteiger partial charge is 0.410 e. The van der Waals surface area contributed by atoms with Gasteiger partial charge in [-0.3, -0.25) is 9.69 Å².